The highest BCUT2D eigenvalue weighted by molar-refractivity contribution is 5.88. The molecule has 4 rings (SSSR count). The van der Waals surface area contributed by atoms with Crippen LogP contribution in [0.15, 0.2) is 60.7 Å². The van der Waals surface area contributed by atoms with E-state index in [-0.39, 0.29) is 35.5 Å². The van der Waals surface area contributed by atoms with Gasteiger partial charge in [0.05, 0.1) is 17.6 Å². The number of hydrogen-bond acceptors (Lipinski definition) is 4. The molecule has 178 valence electrons. The topological polar surface area (TPSA) is 89.8 Å². The predicted molar refractivity (Wildman–Crippen MR) is 129 cm³/mol. The first-order valence-electron chi connectivity index (χ1n) is 12.1. The van der Waals surface area contributed by atoms with E-state index in [2.05, 4.69) is 31.8 Å². The molecule has 1 saturated carbocycles. The Kier molecular flexibility index (Phi) is 6.56. The molecule has 1 aromatic carbocycles. The number of aromatic hydroxyl groups is 1. The summed E-state index contributed by atoms with van der Waals surface area (Å²) in [6, 6.07) is 6.81. The molecule has 0 aromatic heterocycles. The zero-order valence-electron chi connectivity index (χ0n) is 19.8. The van der Waals surface area contributed by atoms with E-state index in [0.29, 0.717) is 17.9 Å². The van der Waals surface area contributed by atoms with Crippen molar-refractivity contribution in [3.05, 3.63) is 66.3 Å². The number of phenolic OH excluding ortho intramolecular Hbond substituents is 1. The number of carbonyl (C=O) groups is 1. The van der Waals surface area contributed by atoms with Crippen molar-refractivity contribution in [2.45, 2.75) is 58.3 Å². The number of carbonyl (C=O) groups excluding carboxylic acids is 1. The van der Waals surface area contributed by atoms with E-state index in [0.717, 1.165) is 18.4 Å². The van der Waals surface area contributed by atoms with Gasteiger partial charge >= 0.3 is 0 Å². The normalized spacial score (nSPS) is 41.1. The number of nitrogens with one attached hydrogen (secondary N) is 1. The SMILES string of the molecule is C=C1[C@@H](C)[C@H]2[C@H](Cc3cccc(O)c3)NC(=O)[C@]23[C@H](O)C=C[C@@H](C)C[C@@H](C)CC=C[C@H]3[C@@H]1O. The van der Waals surface area contributed by atoms with Crippen molar-refractivity contribution in [2.75, 3.05) is 0 Å². The molecule has 1 aliphatic heterocycles. The van der Waals surface area contributed by atoms with Crippen LogP contribution in [0, 0.1) is 35.0 Å². The van der Waals surface area contributed by atoms with Crippen molar-refractivity contribution < 1.29 is 20.1 Å². The van der Waals surface area contributed by atoms with Gasteiger partial charge in [0, 0.05) is 17.9 Å². The summed E-state index contributed by atoms with van der Waals surface area (Å²) in [6.07, 6.45) is 8.26. The van der Waals surface area contributed by atoms with E-state index in [1.54, 1.807) is 24.3 Å². The van der Waals surface area contributed by atoms with E-state index < -0.39 is 23.5 Å². The molecule has 5 nitrogen and oxygen atoms in total. The largest absolute Gasteiger partial charge is 0.508 e. The number of amides is 1. The van der Waals surface area contributed by atoms with Crippen molar-refractivity contribution in [3.63, 3.8) is 0 Å². The van der Waals surface area contributed by atoms with E-state index in [4.69, 9.17) is 0 Å². The molecule has 2 fully saturated rings. The highest BCUT2D eigenvalue weighted by Crippen LogP contribution is 2.57. The maximum Gasteiger partial charge on any atom is 0.230 e. The summed E-state index contributed by atoms with van der Waals surface area (Å²) in [5.74, 6) is -0.292. The van der Waals surface area contributed by atoms with Gasteiger partial charge in [-0.3, -0.25) is 4.79 Å². The molecule has 33 heavy (non-hydrogen) atoms. The molecule has 0 unspecified atom stereocenters. The molecule has 5 heteroatoms. The van der Waals surface area contributed by atoms with Gasteiger partial charge in [-0.2, -0.15) is 0 Å². The minimum Gasteiger partial charge on any atom is -0.508 e. The number of benzene rings is 1. The number of allylic oxidation sites excluding steroid dienone is 2. The van der Waals surface area contributed by atoms with Crippen LogP contribution in [0.25, 0.3) is 0 Å². The lowest BCUT2D eigenvalue weighted by atomic mass is 9.51. The maximum absolute atomic E-state index is 13.8. The fraction of sp³-hybridized carbons (Fsp3) is 0.536. The van der Waals surface area contributed by atoms with Gasteiger partial charge in [-0.25, -0.2) is 0 Å². The van der Waals surface area contributed by atoms with Crippen LogP contribution in [-0.2, 0) is 11.2 Å². The average Bonchev–Trinajstić information content (AvgIpc) is 3.04. The first-order chi connectivity index (χ1) is 15.7. The summed E-state index contributed by atoms with van der Waals surface area (Å²) in [5.41, 5.74) is 0.426. The van der Waals surface area contributed by atoms with Gasteiger partial charge in [-0.05, 0) is 60.3 Å². The monoisotopic (exact) mass is 451 g/mol. The van der Waals surface area contributed by atoms with Crippen LogP contribution in [0.4, 0.5) is 0 Å². The zero-order valence-corrected chi connectivity index (χ0v) is 19.8. The van der Waals surface area contributed by atoms with Crippen LogP contribution in [-0.4, -0.2) is 39.5 Å². The fourth-order valence-corrected chi connectivity index (χ4v) is 6.62. The molecule has 0 radical (unpaired) electrons. The Bertz CT molecular complexity index is 968. The molecule has 1 aromatic rings. The second-order valence-corrected chi connectivity index (χ2v) is 10.6. The second kappa shape index (κ2) is 9.11. The smallest absolute Gasteiger partial charge is 0.230 e. The molecule has 1 saturated heterocycles. The first-order valence-corrected chi connectivity index (χ1v) is 12.1. The van der Waals surface area contributed by atoms with Crippen LogP contribution in [0.3, 0.4) is 0 Å². The Balaban J connectivity index is 1.83. The highest BCUT2D eigenvalue weighted by atomic mass is 16.3. The molecule has 1 spiro atoms. The third kappa shape index (κ3) is 4.06. The molecule has 0 bridgehead atoms. The van der Waals surface area contributed by atoms with Gasteiger partial charge < -0.3 is 20.6 Å². The third-order valence-corrected chi connectivity index (χ3v) is 8.22. The lowest BCUT2D eigenvalue weighted by Crippen LogP contribution is -2.59. The minimum atomic E-state index is -1.19. The minimum absolute atomic E-state index is 0.171. The first kappa shape index (κ1) is 23.8. The molecule has 9 atom stereocenters. The van der Waals surface area contributed by atoms with E-state index in [1.807, 2.05) is 25.1 Å². The molecule has 4 N–H and O–H groups in total. The van der Waals surface area contributed by atoms with E-state index >= 15 is 0 Å². The lowest BCUT2D eigenvalue weighted by Gasteiger charge is -2.51. The van der Waals surface area contributed by atoms with Crippen molar-refractivity contribution in [1.82, 2.24) is 5.32 Å². The van der Waals surface area contributed by atoms with Crippen LogP contribution in [0.2, 0.25) is 0 Å². The van der Waals surface area contributed by atoms with Gasteiger partial charge in [0.1, 0.15) is 5.75 Å². The highest BCUT2D eigenvalue weighted by Gasteiger charge is 2.67. The van der Waals surface area contributed by atoms with E-state index in [9.17, 15) is 20.1 Å². The van der Waals surface area contributed by atoms with Crippen LogP contribution < -0.4 is 5.32 Å². The van der Waals surface area contributed by atoms with Gasteiger partial charge in [-0.15, -0.1) is 0 Å². The maximum atomic E-state index is 13.8. The number of aliphatic hydroxyl groups is 2. The number of aliphatic hydroxyl groups excluding tert-OH is 2. The Labute approximate surface area is 196 Å². The fourth-order valence-electron chi connectivity index (χ4n) is 6.62. The zero-order chi connectivity index (χ0) is 23.9. The summed E-state index contributed by atoms with van der Waals surface area (Å²) in [5, 5.41) is 36.0. The van der Waals surface area contributed by atoms with Gasteiger partial charge in [0.2, 0.25) is 5.91 Å². The van der Waals surface area contributed by atoms with Crippen LogP contribution in [0.5, 0.6) is 5.75 Å². The molecule has 3 aliphatic rings. The molecule has 2 aliphatic carbocycles. The van der Waals surface area contributed by atoms with Crippen molar-refractivity contribution in [2.24, 2.45) is 35.0 Å². The quantitative estimate of drug-likeness (QED) is 0.516. The number of hydrogen-bond donors (Lipinski definition) is 4. The van der Waals surface area contributed by atoms with E-state index in [1.165, 1.54) is 0 Å². The van der Waals surface area contributed by atoms with Gasteiger partial charge in [0.15, 0.2) is 0 Å². The summed E-state index contributed by atoms with van der Waals surface area (Å²) >= 11 is 0. The Morgan fingerprint density at radius 3 is 2.64 bits per heavy atom. The number of phenols is 1. The summed E-state index contributed by atoms with van der Waals surface area (Å²) in [4.78, 5) is 13.8. The second-order valence-electron chi connectivity index (χ2n) is 10.6. The van der Waals surface area contributed by atoms with Crippen molar-refractivity contribution in [3.8, 4) is 5.75 Å². The predicted octanol–water partition coefficient (Wildman–Crippen LogP) is 3.76. The van der Waals surface area contributed by atoms with Crippen molar-refractivity contribution >= 4 is 5.91 Å². The third-order valence-electron chi connectivity index (χ3n) is 8.22. The summed E-state index contributed by atoms with van der Waals surface area (Å²) in [7, 11) is 0. The van der Waals surface area contributed by atoms with Gasteiger partial charge in [-0.1, -0.05) is 63.8 Å². The van der Waals surface area contributed by atoms with Crippen molar-refractivity contribution in [1.29, 1.82) is 0 Å². The standard InChI is InChI=1S/C28H37NO4/c1-16-7-5-10-22-26(32)19(4)18(3)25-23(15-20-8-6-9-21(30)14-20)29-27(33)28(22,25)24(31)12-11-17(2)13-16/h5-6,8-12,14,16-18,22-26,30-32H,4,7,13,15H2,1-3H3,(H,29,33)/t16-,17+,18+,22-,23-,24+,25-,26+,28+/m0/s1. The molecule has 1 amide bonds. The summed E-state index contributed by atoms with van der Waals surface area (Å²) < 4.78 is 0. The molecular weight excluding hydrogens is 414 g/mol. The average molecular weight is 452 g/mol. The Morgan fingerprint density at radius 2 is 1.91 bits per heavy atom. The van der Waals surface area contributed by atoms with Crippen LogP contribution in [0.1, 0.15) is 39.2 Å². The Morgan fingerprint density at radius 1 is 1.15 bits per heavy atom. The molecule has 1 heterocycles. The molecular formula is C28H37NO4. The lowest BCUT2D eigenvalue weighted by molar-refractivity contribution is -0.147. The number of rotatable bonds is 2. The van der Waals surface area contributed by atoms with Crippen LogP contribution >= 0.6 is 0 Å². The Hall–Kier alpha value is -2.37. The summed E-state index contributed by atoms with van der Waals surface area (Å²) in [6.45, 7) is 10.5. The van der Waals surface area contributed by atoms with Gasteiger partial charge in [0.25, 0.3) is 0 Å².